The molecule has 0 radical (unpaired) electrons. The smallest absolute Gasteiger partial charge is 0.251 e. The number of carbonyl (C=O) groups excluding carboxylic acids is 4. The van der Waals surface area contributed by atoms with E-state index >= 15 is 0 Å². The molecule has 0 atom stereocenters. The van der Waals surface area contributed by atoms with Crippen LogP contribution in [0.25, 0.3) is 0 Å². The van der Waals surface area contributed by atoms with E-state index in [4.69, 9.17) is 14.8 Å². The summed E-state index contributed by atoms with van der Waals surface area (Å²) in [4.78, 5) is 61.5. The molecule has 0 aliphatic rings. The van der Waals surface area contributed by atoms with Gasteiger partial charge in [-0.3, -0.25) is 19.2 Å². The zero-order valence-corrected chi connectivity index (χ0v) is 20.5. The van der Waals surface area contributed by atoms with Gasteiger partial charge in [-0.25, -0.2) is 26.9 Å². The number of rotatable bonds is 18. The van der Waals surface area contributed by atoms with E-state index in [0.717, 1.165) is 6.32 Å². The van der Waals surface area contributed by atoms with Crippen molar-refractivity contribution in [3.63, 3.8) is 0 Å². The van der Waals surface area contributed by atoms with Gasteiger partial charge in [-0.2, -0.15) is 20.8 Å². The minimum absolute atomic E-state index is 0.0326. The molecule has 0 aliphatic carbocycles. The Bertz CT molecular complexity index is 637. The van der Waals surface area contributed by atoms with E-state index in [0.29, 0.717) is 32.1 Å². The van der Waals surface area contributed by atoms with Crippen LogP contribution in [-0.2, 0) is 34.0 Å². The number of hydroxylamine groups is 6. The highest BCUT2D eigenvalue weighted by molar-refractivity contribution is 6.09. The Morgan fingerprint density at radius 3 is 1.64 bits per heavy atom. The summed E-state index contributed by atoms with van der Waals surface area (Å²) in [5.74, 6) is -1.50. The SMILES string of the molecule is BCCC(=O)NONC(=O)C(C)(C)CCNONCCC(=O)NONC(=O)C(C)(C)CCB. The molecule has 0 saturated heterocycles. The molecule has 0 aromatic carbocycles. The molecule has 0 spiro atoms. The Balaban J connectivity index is 3.84. The maximum atomic E-state index is 12.1. The van der Waals surface area contributed by atoms with E-state index in [9.17, 15) is 19.2 Å². The van der Waals surface area contributed by atoms with Gasteiger partial charge in [-0.05, 0) is 12.8 Å². The molecule has 6 N–H and O–H groups in total. The van der Waals surface area contributed by atoms with Crippen molar-refractivity contribution in [3.05, 3.63) is 0 Å². The molecule has 0 bridgehead atoms. The summed E-state index contributed by atoms with van der Waals surface area (Å²) in [5.41, 5.74) is 12.4. The van der Waals surface area contributed by atoms with Crippen molar-refractivity contribution in [1.82, 2.24) is 32.9 Å². The molecule has 0 aromatic rings. The largest absolute Gasteiger partial charge is 0.273 e. The van der Waals surface area contributed by atoms with Crippen LogP contribution in [0.1, 0.15) is 53.4 Å². The van der Waals surface area contributed by atoms with E-state index in [1.54, 1.807) is 27.7 Å². The molecule has 4 amide bonds. The molecule has 0 saturated carbocycles. The lowest BCUT2D eigenvalue weighted by Gasteiger charge is -2.22. The van der Waals surface area contributed by atoms with Gasteiger partial charge in [0.2, 0.25) is 11.8 Å². The Labute approximate surface area is 196 Å². The summed E-state index contributed by atoms with van der Waals surface area (Å²) in [6, 6.07) is 0. The highest BCUT2D eigenvalue weighted by Crippen LogP contribution is 2.21. The third-order valence-corrected chi connectivity index (χ3v) is 4.65. The number of carbonyl (C=O) groups is 4. The first kappa shape index (κ1) is 30.8. The molecular formula is C18H38B2N6O7. The fourth-order valence-electron chi connectivity index (χ4n) is 2.40. The minimum atomic E-state index is -0.792. The second-order valence-electron chi connectivity index (χ2n) is 8.78. The van der Waals surface area contributed by atoms with Gasteiger partial charge in [0.1, 0.15) is 15.7 Å². The molecule has 0 rings (SSSR count). The normalized spacial score (nSPS) is 11.5. The Hall–Kier alpha value is -2.19. The van der Waals surface area contributed by atoms with Crippen LogP contribution in [0, 0.1) is 10.8 Å². The zero-order chi connectivity index (χ0) is 25.3. The van der Waals surface area contributed by atoms with E-state index < -0.39 is 22.6 Å². The fourth-order valence-corrected chi connectivity index (χ4v) is 2.40. The first-order valence-corrected chi connectivity index (χ1v) is 11.1. The van der Waals surface area contributed by atoms with Crippen LogP contribution in [0.5, 0.6) is 0 Å². The molecule has 13 nitrogen and oxygen atoms in total. The maximum absolute atomic E-state index is 12.1. The van der Waals surface area contributed by atoms with E-state index in [-0.39, 0.29) is 24.8 Å². The molecule has 0 aromatic heterocycles. The first-order chi connectivity index (χ1) is 15.5. The number of hydrogen-bond acceptors (Lipinski definition) is 9. The molecule has 188 valence electrons. The summed E-state index contributed by atoms with van der Waals surface area (Å²) in [7, 11) is 3.83. The van der Waals surface area contributed by atoms with Gasteiger partial charge in [0, 0.05) is 36.8 Å². The predicted molar refractivity (Wildman–Crippen MR) is 125 cm³/mol. The maximum Gasteiger partial charge on any atom is 0.251 e. The standard InChI is InChI=1S/C18H38B2N6O7/c1-17(2,7-10-20)15(29)25-33-24-14(28)6-11-21-31-22-12-8-18(3,4)16(30)26-32-23-13(27)5-9-19/h21-22H,5-12,19-20H2,1-4H3,(H,23,27)(H,24,28)(H,25,29)(H,26,30). The van der Waals surface area contributed by atoms with Gasteiger partial charge in [0.05, 0.1) is 0 Å². The molecule has 0 unspecified atom stereocenters. The number of amides is 4. The lowest BCUT2D eigenvalue weighted by atomic mass is 9.82. The quantitative estimate of drug-likeness (QED) is 0.0743. The van der Waals surface area contributed by atoms with Gasteiger partial charge in [-0.15, -0.1) is 0 Å². The fraction of sp³-hybridized carbons (Fsp3) is 0.778. The topological polar surface area (TPSA) is 168 Å². The third-order valence-electron chi connectivity index (χ3n) is 4.65. The van der Waals surface area contributed by atoms with Crippen LogP contribution < -0.4 is 32.9 Å². The van der Waals surface area contributed by atoms with Gasteiger partial charge < -0.3 is 0 Å². The molecule has 15 heteroatoms. The van der Waals surface area contributed by atoms with Gasteiger partial charge in [0.25, 0.3) is 11.8 Å². The predicted octanol–water partition coefficient (Wildman–Crippen LogP) is -2.11. The Morgan fingerprint density at radius 1 is 0.636 bits per heavy atom. The molecule has 0 aliphatic heterocycles. The van der Waals surface area contributed by atoms with Crippen LogP contribution in [0.3, 0.4) is 0 Å². The van der Waals surface area contributed by atoms with Crippen LogP contribution in [-0.4, -0.2) is 52.4 Å². The van der Waals surface area contributed by atoms with Gasteiger partial charge >= 0.3 is 0 Å². The van der Waals surface area contributed by atoms with Crippen molar-refractivity contribution in [2.24, 2.45) is 10.8 Å². The number of nitrogens with one attached hydrogen (secondary N) is 6. The lowest BCUT2D eigenvalue weighted by Crippen LogP contribution is -2.43. The highest BCUT2D eigenvalue weighted by atomic mass is 16.8. The van der Waals surface area contributed by atoms with Crippen molar-refractivity contribution in [1.29, 1.82) is 0 Å². The van der Waals surface area contributed by atoms with Crippen LogP contribution in [0.15, 0.2) is 0 Å². The second kappa shape index (κ2) is 16.4. The van der Waals surface area contributed by atoms with Crippen molar-refractivity contribution in [2.75, 3.05) is 13.1 Å². The average Bonchev–Trinajstić information content (AvgIpc) is 2.72. The van der Waals surface area contributed by atoms with Crippen molar-refractivity contribution < 1.29 is 34.0 Å². The minimum Gasteiger partial charge on any atom is -0.273 e. The van der Waals surface area contributed by atoms with Crippen LogP contribution >= 0.6 is 0 Å². The van der Waals surface area contributed by atoms with Crippen molar-refractivity contribution >= 4 is 39.3 Å². The van der Waals surface area contributed by atoms with Gasteiger partial charge in [0.15, 0.2) is 0 Å². The molecular weight excluding hydrogens is 434 g/mol. The summed E-state index contributed by atoms with van der Waals surface area (Å²) < 4.78 is 0. The van der Waals surface area contributed by atoms with E-state index in [1.165, 1.54) is 0 Å². The highest BCUT2D eigenvalue weighted by Gasteiger charge is 2.28. The summed E-state index contributed by atoms with van der Waals surface area (Å²) >= 11 is 0. The molecule has 33 heavy (non-hydrogen) atoms. The summed E-state index contributed by atoms with van der Waals surface area (Å²) in [6.45, 7) is 7.50. The second-order valence-corrected chi connectivity index (χ2v) is 8.78. The Morgan fingerprint density at radius 2 is 1.12 bits per heavy atom. The molecule has 0 fully saturated rings. The number of hydrogen-bond donors (Lipinski definition) is 6. The van der Waals surface area contributed by atoms with Crippen LogP contribution in [0.2, 0.25) is 12.6 Å². The van der Waals surface area contributed by atoms with E-state index in [2.05, 4.69) is 32.9 Å². The monoisotopic (exact) mass is 472 g/mol. The Kier molecular flexibility index (Phi) is 15.3. The average molecular weight is 472 g/mol. The van der Waals surface area contributed by atoms with Crippen molar-refractivity contribution in [2.45, 2.75) is 66.0 Å². The zero-order valence-electron chi connectivity index (χ0n) is 20.5. The summed E-state index contributed by atoms with van der Waals surface area (Å²) in [6.07, 6.45) is 2.94. The molecule has 0 heterocycles. The van der Waals surface area contributed by atoms with Gasteiger partial charge in [-0.1, -0.05) is 40.3 Å². The van der Waals surface area contributed by atoms with Crippen molar-refractivity contribution in [3.8, 4) is 0 Å². The third kappa shape index (κ3) is 14.5. The van der Waals surface area contributed by atoms with Crippen LogP contribution in [0.4, 0.5) is 0 Å². The van der Waals surface area contributed by atoms with E-state index in [1.807, 2.05) is 15.7 Å². The first-order valence-electron chi connectivity index (χ1n) is 11.1. The lowest BCUT2D eigenvalue weighted by molar-refractivity contribution is -0.158. The summed E-state index contributed by atoms with van der Waals surface area (Å²) in [5, 5.41) is 0.